The number of nitrogens with zero attached hydrogens (tertiary/aromatic N) is 4. The minimum absolute atomic E-state index is 0.100. The molecule has 2 aliphatic heterocycles. The smallest absolute Gasteiger partial charge is 0.329 e. The Morgan fingerprint density at radius 3 is 2.50 bits per heavy atom. The van der Waals surface area contributed by atoms with Crippen molar-refractivity contribution in [1.82, 2.24) is 4.90 Å². The first-order valence-electron chi connectivity index (χ1n) is 10.5. The summed E-state index contributed by atoms with van der Waals surface area (Å²) in [6.45, 7) is 2.65. The number of anilines is 3. The fourth-order valence-electron chi connectivity index (χ4n) is 4.14. The van der Waals surface area contributed by atoms with Crippen LogP contribution in [0, 0.1) is 11.3 Å². The van der Waals surface area contributed by atoms with Gasteiger partial charge < -0.3 is 19.3 Å². The molecular formula is C25H22N4O3. The fraction of sp³-hybridized carbons (Fsp3) is 0.200. The molecule has 5 rings (SSSR count). The van der Waals surface area contributed by atoms with Gasteiger partial charge in [-0.3, -0.25) is 4.90 Å². The van der Waals surface area contributed by atoms with Gasteiger partial charge in [-0.2, -0.15) is 5.26 Å². The largest absolute Gasteiger partial charge is 0.497 e. The van der Waals surface area contributed by atoms with Crippen LogP contribution in [0.15, 0.2) is 66.7 Å². The van der Waals surface area contributed by atoms with Crippen molar-refractivity contribution >= 4 is 23.1 Å². The summed E-state index contributed by atoms with van der Waals surface area (Å²) in [6, 6.07) is 22.6. The normalized spacial score (nSPS) is 14.7. The Morgan fingerprint density at radius 1 is 0.938 bits per heavy atom. The molecule has 0 unspecified atom stereocenters. The highest BCUT2D eigenvalue weighted by Gasteiger charge is 2.33. The van der Waals surface area contributed by atoms with Crippen molar-refractivity contribution < 1.29 is 14.3 Å². The van der Waals surface area contributed by atoms with Crippen molar-refractivity contribution in [2.24, 2.45) is 0 Å². The van der Waals surface area contributed by atoms with Gasteiger partial charge in [-0.1, -0.05) is 18.2 Å². The number of amides is 2. The van der Waals surface area contributed by atoms with Gasteiger partial charge in [0.15, 0.2) is 11.5 Å². The zero-order valence-electron chi connectivity index (χ0n) is 17.7. The summed E-state index contributed by atoms with van der Waals surface area (Å²) in [5.74, 6) is 1.92. The van der Waals surface area contributed by atoms with E-state index in [0.29, 0.717) is 41.5 Å². The van der Waals surface area contributed by atoms with Crippen molar-refractivity contribution in [2.75, 3.05) is 43.1 Å². The molecule has 1 saturated heterocycles. The molecule has 0 bridgehead atoms. The Hall–Kier alpha value is -4.18. The maximum atomic E-state index is 13.7. The highest BCUT2D eigenvalue weighted by Crippen LogP contribution is 2.47. The van der Waals surface area contributed by atoms with E-state index in [4.69, 9.17) is 9.47 Å². The number of ether oxygens (including phenoxy) is 2. The molecule has 2 aliphatic rings. The molecule has 0 atom stereocenters. The topological polar surface area (TPSA) is 69.0 Å². The number of rotatable bonds is 2. The second-order valence-corrected chi connectivity index (χ2v) is 7.66. The van der Waals surface area contributed by atoms with Crippen LogP contribution in [0.4, 0.5) is 21.9 Å². The summed E-state index contributed by atoms with van der Waals surface area (Å²) in [4.78, 5) is 19.5. The van der Waals surface area contributed by atoms with E-state index in [1.165, 1.54) is 0 Å². The number of hydrogen-bond acceptors (Lipinski definition) is 5. The Balaban J connectivity index is 1.40. The number of hydrogen-bond donors (Lipinski definition) is 0. The van der Waals surface area contributed by atoms with Crippen LogP contribution in [-0.2, 0) is 0 Å². The molecule has 0 radical (unpaired) electrons. The van der Waals surface area contributed by atoms with E-state index in [0.717, 1.165) is 24.5 Å². The van der Waals surface area contributed by atoms with Gasteiger partial charge in [0.2, 0.25) is 0 Å². The lowest BCUT2D eigenvalue weighted by Crippen LogP contribution is -2.52. The maximum absolute atomic E-state index is 13.7. The standard InChI is InChI=1S/C25H22N4O3/c1-31-20-6-4-5-19(16-20)27-11-13-28(14-12-27)25(30)29-21-7-2-3-8-23(21)32-24-15-18(17-26)9-10-22(24)29/h2-10,15-16H,11-14H2,1H3. The van der Waals surface area contributed by atoms with Crippen molar-refractivity contribution in [2.45, 2.75) is 0 Å². The third kappa shape index (κ3) is 3.46. The molecular weight excluding hydrogens is 404 g/mol. The van der Waals surface area contributed by atoms with Gasteiger partial charge in [0.25, 0.3) is 0 Å². The Labute approximate surface area is 186 Å². The Morgan fingerprint density at radius 2 is 1.72 bits per heavy atom. The highest BCUT2D eigenvalue weighted by atomic mass is 16.5. The predicted molar refractivity (Wildman–Crippen MR) is 122 cm³/mol. The SMILES string of the molecule is COc1cccc(N2CCN(C(=O)N3c4ccccc4Oc4cc(C#N)ccc43)CC2)c1. The van der Waals surface area contributed by atoms with Crippen molar-refractivity contribution in [3.63, 3.8) is 0 Å². The molecule has 160 valence electrons. The minimum Gasteiger partial charge on any atom is -0.497 e. The summed E-state index contributed by atoms with van der Waals surface area (Å²) in [5.41, 5.74) is 2.91. The van der Waals surface area contributed by atoms with Gasteiger partial charge in [-0.25, -0.2) is 4.79 Å². The Kier molecular flexibility index (Phi) is 5.04. The lowest BCUT2D eigenvalue weighted by molar-refractivity contribution is 0.203. The molecule has 3 aromatic carbocycles. The fourth-order valence-corrected chi connectivity index (χ4v) is 4.14. The number of carbonyl (C=O) groups is 1. The summed E-state index contributed by atoms with van der Waals surface area (Å²) in [7, 11) is 1.66. The van der Waals surface area contributed by atoms with E-state index in [1.54, 1.807) is 30.2 Å². The lowest BCUT2D eigenvalue weighted by Gasteiger charge is -2.40. The first kappa shape index (κ1) is 19.8. The zero-order chi connectivity index (χ0) is 22.1. The molecule has 1 fully saturated rings. The van der Waals surface area contributed by atoms with E-state index in [2.05, 4.69) is 17.0 Å². The van der Waals surface area contributed by atoms with Crippen LogP contribution in [0.5, 0.6) is 17.2 Å². The average Bonchev–Trinajstić information content (AvgIpc) is 2.86. The number of benzene rings is 3. The molecule has 0 spiro atoms. The summed E-state index contributed by atoms with van der Waals surface area (Å²) in [6.07, 6.45) is 0. The first-order valence-corrected chi connectivity index (χ1v) is 10.5. The molecule has 2 heterocycles. The molecule has 3 aromatic rings. The molecule has 7 nitrogen and oxygen atoms in total. The van der Waals surface area contributed by atoms with E-state index in [9.17, 15) is 10.1 Å². The van der Waals surface area contributed by atoms with Gasteiger partial charge in [0.1, 0.15) is 5.75 Å². The van der Waals surface area contributed by atoms with Gasteiger partial charge in [0, 0.05) is 44.0 Å². The molecule has 0 N–H and O–H groups in total. The van der Waals surface area contributed by atoms with Crippen LogP contribution in [0.1, 0.15) is 5.56 Å². The van der Waals surface area contributed by atoms with E-state index >= 15 is 0 Å². The van der Waals surface area contributed by atoms with Gasteiger partial charge in [-0.15, -0.1) is 0 Å². The van der Waals surface area contributed by atoms with Crippen LogP contribution in [0.25, 0.3) is 0 Å². The summed E-state index contributed by atoms with van der Waals surface area (Å²) in [5, 5.41) is 9.26. The number of methoxy groups -OCH3 is 1. The van der Waals surface area contributed by atoms with E-state index < -0.39 is 0 Å². The van der Waals surface area contributed by atoms with Gasteiger partial charge in [-0.05, 0) is 36.4 Å². The molecule has 0 saturated carbocycles. The first-order chi connectivity index (χ1) is 15.7. The van der Waals surface area contributed by atoms with Crippen LogP contribution in [0.2, 0.25) is 0 Å². The summed E-state index contributed by atoms with van der Waals surface area (Å²) < 4.78 is 11.3. The molecule has 0 aromatic heterocycles. The second kappa shape index (κ2) is 8.16. The molecule has 0 aliphatic carbocycles. The van der Waals surface area contributed by atoms with Crippen molar-refractivity contribution in [3.05, 3.63) is 72.3 Å². The van der Waals surface area contributed by atoms with Gasteiger partial charge >= 0.3 is 6.03 Å². The third-order valence-electron chi connectivity index (χ3n) is 5.82. The minimum atomic E-state index is -0.100. The van der Waals surface area contributed by atoms with Crippen molar-refractivity contribution in [1.29, 1.82) is 5.26 Å². The predicted octanol–water partition coefficient (Wildman–Crippen LogP) is 4.75. The summed E-state index contributed by atoms with van der Waals surface area (Å²) >= 11 is 0. The van der Waals surface area contributed by atoms with Gasteiger partial charge in [0.05, 0.1) is 30.1 Å². The number of piperazine rings is 1. The van der Waals surface area contributed by atoms with Crippen molar-refractivity contribution in [3.8, 4) is 23.3 Å². The molecule has 2 amide bonds. The number of urea groups is 1. The van der Waals surface area contributed by atoms with E-state index in [1.807, 2.05) is 47.4 Å². The molecule has 32 heavy (non-hydrogen) atoms. The lowest BCUT2D eigenvalue weighted by atomic mass is 10.1. The number of carbonyl (C=O) groups excluding carboxylic acids is 1. The van der Waals surface area contributed by atoms with Crippen LogP contribution in [-0.4, -0.2) is 44.2 Å². The third-order valence-corrected chi connectivity index (χ3v) is 5.82. The number of nitriles is 1. The number of fused-ring (bicyclic) bond motifs is 2. The maximum Gasteiger partial charge on any atom is 0.329 e. The monoisotopic (exact) mass is 426 g/mol. The number of para-hydroxylation sites is 2. The highest BCUT2D eigenvalue weighted by molar-refractivity contribution is 6.03. The quantitative estimate of drug-likeness (QED) is 0.591. The van der Waals surface area contributed by atoms with Crippen LogP contribution >= 0.6 is 0 Å². The Bertz CT molecular complexity index is 1210. The van der Waals surface area contributed by atoms with Crippen LogP contribution < -0.4 is 19.3 Å². The van der Waals surface area contributed by atoms with E-state index in [-0.39, 0.29) is 6.03 Å². The zero-order valence-corrected chi connectivity index (χ0v) is 17.7. The second-order valence-electron chi connectivity index (χ2n) is 7.66. The average molecular weight is 426 g/mol. The van der Waals surface area contributed by atoms with Crippen LogP contribution in [0.3, 0.4) is 0 Å². The molecule has 7 heteroatoms.